The van der Waals surface area contributed by atoms with Gasteiger partial charge in [-0.1, -0.05) is 71.3 Å². The Morgan fingerprint density at radius 1 is 0.826 bits per heavy atom. The molecule has 0 saturated heterocycles. The molecule has 0 heterocycles. The van der Waals surface area contributed by atoms with Crippen LogP contribution < -0.4 is 0 Å². The molecule has 136 valence electrons. The van der Waals surface area contributed by atoms with Crippen LogP contribution in [-0.4, -0.2) is 24.1 Å². The van der Waals surface area contributed by atoms with E-state index in [1.54, 1.807) is 6.92 Å². The first kappa shape index (κ1) is 22.6. The van der Waals surface area contributed by atoms with Gasteiger partial charge in [0.05, 0.1) is 6.61 Å². The molecular formula is C20H38O2S. The first-order valence-electron chi connectivity index (χ1n) is 9.58. The molecule has 0 aromatic carbocycles. The zero-order chi connectivity index (χ0) is 17.2. The minimum Gasteiger partial charge on any atom is -0.462 e. The SMILES string of the molecule is C=C(C)C(=O)OCCCCSCCCCCCCCCCCC. The molecule has 0 radical (unpaired) electrons. The van der Waals surface area contributed by atoms with Crippen molar-refractivity contribution < 1.29 is 9.53 Å². The molecule has 0 aromatic heterocycles. The first-order chi connectivity index (χ1) is 11.2. The summed E-state index contributed by atoms with van der Waals surface area (Å²) in [5, 5.41) is 0. The summed E-state index contributed by atoms with van der Waals surface area (Å²) in [6, 6.07) is 0. The Morgan fingerprint density at radius 2 is 1.30 bits per heavy atom. The van der Waals surface area contributed by atoms with Crippen LogP contribution in [0.3, 0.4) is 0 Å². The smallest absolute Gasteiger partial charge is 0.333 e. The van der Waals surface area contributed by atoms with Crippen LogP contribution in [0.5, 0.6) is 0 Å². The predicted molar refractivity (Wildman–Crippen MR) is 104 cm³/mol. The van der Waals surface area contributed by atoms with E-state index in [-0.39, 0.29) is 5.97 Å². The number of esters is 1. The third-order valence-electron chi connectivity index (χ3n) is 3.91. The van der Waals surface area contributed by atoms with E-state index in [4.69, 9.17) is 4.74 Å². The van der Waals surface area contributed by atoms with Crippen LogP contribution in [-0.2, 0) is 9.53 Å². The Bertz CT molecular complexity index is 289. The summed E-state index contributed by atoms with van der Waals surface area (Å²) in [6.07, 6.45) is 16.1. The summed E-state index contributed by atoms with van der Waals surface area (Å²) in [5.41, 5.74) is 0.486. The predicted octanol–water partition coefficient (Wildman–Crippen LogP) is 6.54. The lowest BCUT2D eigenvalue weighted by molar-refractivity contribution is -0.139. The Balaban J connectivity index is 3.05. The van der Waals surface area contributed by atoms with Gasteiger partial charge in [-0.3, -0.25) is 0 Å². The van der Waals surface area contributed by atoms with Crippen molar-refractivity contribution in [3.63, 3.8) is 0 Å². The summed E-state index contributed by atoms with van der Waals surface area (Å²) >= 11 is 2.04. The first-order valence-corrected chi connectivity index (χ1v) is 10.7. The lowest BCUT2D eigenvalue weighted by Crippen LogP contribution is -2.06. The number of hydrogen-bond acceptors (Lipinski definition) is 3. The molecular weight excluding hydrogens is 304 g/mol. The molecule has 0 amide bonds. The number of thioether (sulfide) groups is 1. The summed E-state index contributed by atoms with van der Waals surface area (Å²) in [4.78, 5) is 11.2. The normalized spacial score (nSPS) is 10.7. The van der Waals surface area contributed by atoms with Gasteiger partial charge in [-0.05, 0) is 37.7 Å². The van der Waals surface area contributed by atoms with Crippen molar-refractivity contribution in [3.8, 4) is 0 Å². The van der Waals surface area contributed by atoms with Gasteiger partial charge < -0.3 is 4.74 Å². The number of hydrogen-bond donors (Lipinski definition) is 0. The van der Waals surface area contributed by atoms with Crippen LogP contribution in [0.25, 0.3) is 0 Å². The fourth-order valence-electron chi connectivity index (χ4n) is 2.39. The Labute approximate surface area is 148 Å². The number of carbonyl (C=O) groups excluding carboxylic acids is 1. The third-order valence-corrected chi connectivity index (χ3v) is 5.06. The van der Waals surface area contributed by atoms with Gasteiger partial charge in [0.2, 0.25) is 0 Å². The highest BCUT2D eigenvalue weighted by Gasteiger charge is 2.01. The number of carbonyl (C=O) groups is 1. The van der Waals surface area contributed by atoms with E-state index in [0.717, 1.165) is 12.8 Å². The van der Waals surface area contributed by atoms with Crippen LogP contribution >= 0.6 is 11.8 Å². The molecule has 0 bridgehead atoms. The topological polar surface area (TPSA) is 26.3 Å². The van der Waals surface area contributed by atoms with E-state index in [2.05, 4.69) is 13.5 Å². The fraction of sp³-hybridized carbons (Fsp3) is 0.850. The van der Waals surface area contributed by atoms with Gasteiger partial charge in [-0.2, -0.15) is 11.8 Å². The molecule has 0 N–H and O–H groups in total. The minimum atomic E-state index is -0.261. The maximum Gasteiger partial charge on any atom is 0.333 e. The van der Waals surface area contributed by atoms with Crippen molar-refractivity contribution in [1.82, 2.24) is 0 Å². The second-order valence-corrected chi connectivity index (χ2v) is 7.64. The van der Waals surface area contributed by atoms with Gasteiger partial charge >= 0.3 is 5.97 Å². The van der Waals surface area contributed by atoms with Gasteiger partial charge in [0.1, 0.15) is 0 Å². The molecule has 0 aliphatic carbocycles. The van der Waals surface area contributed by atoms with Crippen molar-refractivity contribution in [2.45, 2.75) is 90.9 Å². The van der Waals surface area contributed by atoms with E-state index in [0.29, 0.717) is 12.2 Å². The molecule has 0 aliphatic rings. The van der Waals surface area contributed by atoms with E-state index >= 15 is 0 Å². The second-order valence-electron chi connectivity index (χ2n) is 6.42. The van der Waals surface area contributed by atoms with Gasteiger partial charge in [0.25, 0.3) is 0 Å². The van der Waals surface area contributed by atoms with Crippen LogP contribution in [0, 0.1) is 0 Å². The standard InChI is InChI=1S/C20H38O2S/c1-4-5-6-7-8-9-10-11-12-14-17-23-18-15-13-16-22-20(21)19(2)3/h2,4-18H2,1,3H3. The lowest BCUT2D eigenvalue weighted by atomic mass is 10.1. The highest BCUT2D eigenvalue weighted by molar-refractivity contribution is 7.99. The highest BCUT2D eigenvalue weighted by atomic mass is 32.2. The maximum atomic E-state index is 11.2. The van der Waals surface area contributed by atoms with Crippen molar-refractivity contribution in [3.05, 3.63) is 12.2 Å². The molecule has 0 saturated carbocycles. The summed E-state index contributed by atoms with van der Waals surface area (Å²) < 4.78 is 5.07. The van der Waals surface area contributed by atoms with Crippen LogP contribution in [0.2, 0.25) is 0 Å². The molecule has 0 aromatic rings. The molecule has 0 unspecified atom stereocenters. The second kappa shape index (κ2) is 17.9. The Hall–Kier alpha value is -0.440. The van der Waals surface area contributed by atoms with Crippen molar-refractivity contribution >= 4 is 17.7 Å². The highest BCUT2D eigenvalue weighted by Crippen LogP contribution is 2.13. The third kappa shape index (κ3) is 17.7. The maximum absolute atomic E-state index is 11.2. The summed E-state index contributed by atoms with van der Waals surface area (Å²) in [7, 11) is 0. The van der Waals surface area contributed by atoms with E-state index in [1.165, 1.54) is 75.7 Å². The quantitative estimate of drug-likeness (QED) is 0.170. The number of rotatable bonds is 17. The average Bonchev–Trinajstić information content (AvgIpc) is 2.54. The molecule has 0 rings (SSSR count). The molecule has 2 nitrogen and oxygen atoms in total. The molecule has 0 atom stereocenters. The summed E-state index contributed by atoms with van der Waals surface area (Å²) in [6.45, 7) is 8.06. The van der Waals surface area contributed by atoms with E-state index in [1.807, 2.05) is 11.8 Å². The largest absolute Gasteiger partial charge is 0.462 e. The Morgan fingerprint density at radius 3 is 1.83 bits per heavy atom. The summed E-state index contributed by atoms with van der Waals surface area (Å²) in [5.74, 6) is 2.20. The van der Waals surface area contributed by atoms with Gasteiger partial charge in [-0.25, -0.2) is 4.79 Å². The van der Waals surface area contributed by atoms with Crippen molar-refractivity contribution in [1.29, 1.82) is 0 Å². The van der Waals surface area contributed by atoms with E-state index < -0.39 is 0 Å². The van der Waals surface area contributed by atoms with Crippen LogP contribution in [0.1, 0.15) is 90.9 Å². The van der Waals surface area contributed by atoms with Gasteiger partial charge in [-0.15, -0.1) is 0 Å². The lowest BCUT2D eigenvalue weighted by Gasteiger charge is -2.05. The molecule has 3 heteroatoms. The fourth-order valence-corrected chi connectivity index (χ4v) is 3.41. The number of unbranched alkanes of at least 4 members (excludes halogenated alkanes) is 10. The van der Waals surface area contributed by atoms with Crippen molar-refractivity contribution in [2.75, 3.05) is 18.1 Å². The van der Waals surface area contributed by atoms with Crippen molar-refractivity contribution in [2.24, 2.45) is 0 Å². The van der Waals surface area contributed by atoms with Gasteiger partial charge in [0, 0.05) is 5.57 Å². The van der Waals surface area contributed by atoms with Gasteiger partial charge in [0.15, 0.2) is 0 Å². The minimum absolute atomic E-state index is 0.261. The zero-order valence-corrected chi connectivity index (χ0v) is 16.4. The molecule has 0 aliphatic heterocycles. The molecule has 0 spiro atoms. The molecule has 0 fully saturated rings. The van der Waals surface area contributed by atoms with Crippen LogP contribution in [0.4, 0.5) is 0 Å². The zero-order valence-electron chi connectivity index (χ0n) is 15.5. The monoisotopic (exact) mass is 342 g/mol. The number of ether oxygens (including phenoxy) is 1. The average molecular weight is 343 g/mol. The molecule has 23 heavy (non-hydrogen) atoms. The van der Waals surface area contributed by atoms with E-state index in [9.17, 15) is 4.79 Å². The van der Waals surface area contributed by atoms with Crippen LogP contribution in [0.15, 0.2) is 12.2 Å². The Kier molecular flexibility index (Phi) is 17.6.